The standard InChI is InChI=1S/C28H31ClN2O6/c1-17(33)5-4-8-24(34)31(16-18-9-11-19(29)12-10-18)22-15-21(28(36)30-13-14-32)25-20-6-2-3-7-23(20)37-27(25)26(22)35/h2-3,6-7,9-12,15,22,25-27,32,35H,4-5,8,13-14,16H2,1H3,(H,30,36)/t22-,25+,26+,27+/m1/s1. The lowest BCUT2D eigenvalue weighted by Crippen LogP contribution is -2.55. The van der Waals surface area contributed by atoms with Gasteiger partial charge in [0.2, 0.25) is 11.8 Å². The summed E-state index contributed by atoms with van der Waals surface area (Å²) in [7, 11) is 0. The van der Waals surface area contributed by atoms with E-state index in [0.29, 0.717) is 22.8 Å². The van der Waals surface area contributed by atoms with E-state index in [1.54, 1.807) is 36.4 Å². The van der Waals surface area contributed by atoms with Crippen LogP contribution in [-0.4, -0.2) is 64.1 Å². The van der Waals surface area contributed by atoms with Gasteiger partial charge in [-0.15, -0.1) is 0 Å². The minimum atomic E-state index is -1.11. The number of nitrogens with one attached hydrogen (secondary N) is 1. The van der Waals surface area contributed by atoms with Gasteiger partial charge >= 0.3 is 0 Å². The van der Waals surface area contributed by atoms with Gasteiger partial charge < -0.3 is 30.0 Å². The number of hydrogen-bond donors (Lipinski definition) is 3. The van der Waals surface area contributed by atoms with E-state index in [-0.39, 0.29) is 44.2 Å². The highest BCUT2D eigenvalue weighted by molar-refractivity contribution is 6.30. The molecule has 2 aromatic rings. The topological polar surface area (TPSA) is 116 Å². The molecule has 0 saturated heterocycles. The molecular weight excluding hydrogens is 496 g/mol. The Morgan fingerprint density at radius 3 is 2.51 bits per heavy atom. The largest absolute Gasteiger partial charge is 0.486 e. The molecule has 0 bridgehead atoms. The molecule has 1 heterocycles. The van der Waals surface area contributed by atoms with E-state index in [1.165, 1.54) is 11.8 Å². The molecule has 1 aliphatic heterocycles. The van der Waals surface area contributed by atoms with Gasteiger partial charge in [-0.25, -0.2) is 0 Å². The Morgan fingerprint density at radius 2 is 1.81 bits per heavy atom. The number of aliphatic hydroxyl groups is 2. The minimum absolute atomic E-state index is 0.00236. The fourth-order valence-electron chi connectivity index (χ4n) is 4.97. The Morgan fingerprint density at radius 1 is 1.08 bits per heavy atom. The number of benzene rings is 2. The molecule has 0 radical (unpaired) electrons. The highest BCUT2D eigenvalue weighted by Gasteiger charge is 2.50. The SMILES string of the molecule is CC(=O)CCCC(=O)N(Cc1ccc(Cl)cc1)[C@@H]1C=C(C(=O)NCCO)[C@@H]2c3ccccc3O[C@@H]2[C@H]1O. The molecule has 3 N–H and O–H groups in total. The van der Waals surface area contributed by atoms with Gasteiger partial charge in [-0.3, -0.25) is 9.59 Å². The normalized spacial score (nSPS) is 21.8. The first-order valence-corrected chi connectivity index (χ1v) is 12.8. The van der Waals surface area contributed by atoms with Crippen molar-refractivity contribution in [1.29, 1.82) is 0 Å². The molecule has 0 fully saturated rings. The maximum Gasteiger partial charge on any atom is 0.247 e. The number of hydrogen-bond acceptors (Lipinski definition) is 6. The number of para-hydroxylation sites is 1. The number of carbonyl (C=O) groups excluding carboxylic acids is 3. The first-order chi connectivity index (χ1) is 17.8. The molecule has 1 aliphatic carbocycles. The van der Waals surface area contributed by atoms with Crippen molar-refractivity contribution in [2.24, 2.45) is 0 Å². The van der Waals surface area contributed by atoms with Crippen molar-refractivity contribution in [3.8, 4) is 5.75 Å². The van der Waals surface area contributed by atoms with Gasteiger partial charge in [0, 0.05) is 42.1 Å². The number of nitrogens with zero attached hydrogens (tertiary/aromatic N) is 1. The van der Waals surface area contributed by atoms with Crippen molar-refractivity contribution in [2.75, 3.05) is 13.2 Å². The van der Waals surface area contributed by atoms with Crippen molar-refractivity contribution >= 4 is 29.2 Å². The Balaban J connectivity index is 1.72. The zero-order chi connectivity index (χ0) is 26.5. The number of halogens is 1. The van der Waals surface area contributed by atoms with Gasteiger partial charge in [-0.05, 0) is 43.2 Å². The third kappa shape index (κ3) is 6.04. The fraction of sp³-hybridized carbons (Fsp3) is 0.393. The molecule has 0 unspecified atom stereocenters. The summed E-state index contributed by atoms with van der Waals surface area (Å²) >= 11 is 6.04. The Bertz CT molecular complexity index is 1180. The minimum Gasteiger partial charge on any atom is -0.486 e. The van der Waals surface area contributed by atoms with Gasteiger partial charge in [0.05, 0.1) is 18.6 Å². The monoisotopic (exact) mass is 526 g/mol. The molecule has 2 amide bonds. The second-order valence-electron chi connectivity index (χ2n) is 9.38. The molecule has 9 heteroatoms. The summed E-state index contributed by atoms with van der Waals surface area (Å²) in [5, 5.41) is 24.0. The maximum absolute atomic E-state index is 13.5. The average molecular weight is 527 g/mol. The van der Waals surface area contributed by atoms with Crippen molar-refractivity contribution in [2.45, 2.75) is 56.9 Å². The van der Waals surface area contributed by atoms with Crippen molar-refractivity contribution in [1.82, 2.24) is 10.2 Å². The average Bonchev–Trinajstić information content (AvgIpc) is 3.27. The highest BCUT2D eigenvalue weighted by Crippen LogP contribution is 2.47. The van der Waals surface area contributed by atoms with Crippen LogP contribution in [0.25, 0.3) is 0 Å². The Hall–Kier alpha value is -3.20. The molecule has 8 nitrogen and oxygen atoms in total. The van der Waals surface area contributed by atoms with Crippen LogP contribution in [0, 0.1) is 0 Å². The number of aliphatic hydroxyl groups excluding tert-OH is 2. The van der Waals surface area contributed by atoms with E-state index in [1.807, 2.05) is 18.2 Å². The fourth-order valence-corrected chi connectivity index (χ4v) is 5.10. The number of ether oxygens (including phenoxy) is 1. The summed E-state index contributed by atoms with van der Waals surface area (Å²) in [6.45, 7) is 1.51. The lowest BCUT2D eigenvalue weighted by atomic mass is 9.77. The molecule has 0 spiro atoms. The summed E-state index contributed by atoms with van der Waals surface area (Å²) in [6.07, 6.45) is 0.529. The van der Waals surface area contributed by atoms with Gasteiger partial charge in [0.15, 0.2) is 0 Å². The molecule has 4 rings (SSSR count). The lowest BCUT2D eigenvalue weighted by Gasteiger charge is -2.41. The number of Topliss-reactive ketones (excluding diaryl/α,β-unsaturated/α-hetero) is 1. The van der Waals surface area contributed by atoms with Gasteiger partial charge in [-0.2, -0.15) is 0 Å². The summed E-state index contributed by atoms with van der Waals surface area (Å²) in [4.78, 5) is 39.7. The molecule has 196 valence electrons. The molecule has 2 aromatic carbocycles. The molecule has 0 saturated carbocycles. The third-order valence-corrected chi connectivity index (χ3v) is 6.99. The van der Waals surface area contributed by atoms with E-state index >= 15 is 0 Å². The van der Waals surface area contributed by atoms with Crippen molar-refractivity contribution in [3.63, 3.8) is 0 Å². The van der Waals surface area contributed by atoms with E-state index in [9.17, 15) is 24.6 Å². The number of amides is 2. The summed E-state index contributed by atoms with van der Waals surface area (Å²) in [5.74, 6) is -0.587. The Labute approximate surface area is 220 Å². The van der Waals surface area contributed by atoms with Crippen LogP contribution >= 0.6 is 11.6 Å². The predicted octanol–water partition coefficient (Wildman–Crippen LogP) is 2.75. The van der Waals surface area contributed by atoms with E-state index in [4.69, 9.17) is 16.3 Å². The smallest absolute Gasteiger partial charge is 0.247 e. The number of ketones is 1. The summed E-state index contributed by atoms with van der Waals surface area (Å²) < 4.78 is 6.13. The summed E-state index contributed by atoms with van der Waals surface area (Å²) in [5.41, 5.74) is 1.96. The van der Waals surface area contributed by atoms with Crippen LogP contribution in [0.2, 0.25) is 5.02 Å². The number of fused-ring (bicyclic) bond motifs is 3. The van der Waals surface area contributed by atoms with Crippen LogP contribution in [0.5, 0.6) is 5.75 Å². The van der Waals surface area contributed by atoms with Crippen LogP contribution in [0.3, 0.4) is 0 Å². The molecular formula is C28H31ClN2O6. The van der Waals surface area contributed by atoms with Gasteiger partial charge in [0.25, 0.3) is 0 Å². The zero-order valence-electron chi connectivity index (χ0n) is 20.6. The third-order valence-electron chi connectivity index (χ3n) is 6.74. The van der Waals surface area contributed by atoms with Gasteiger partial charge in [-0.1, -0.05) is 41.9 Å². The summed E-state index contributed by atoms with van der Waals surface area (Å²) in [6, 6.07) is 13.5. The number of carbonyl (C=O) groups is 3. The molecule has 0 aromatic heterocycles. The second kappa shape index (κ2) is 11.9. The van der Waals surface area contributed by atoms with E-state index in [0.717, 1.165) is 11.1 Å². The lowest BCUT2D eigenvalue weighted by molar-refractivity contribution is -0.138. The Kier molecular flexibility index (Phi) is 8.63. The van der Waals surface area contributed by atoms with Crippen LogP contribution < -0.4 is 10.1 Å². The highest BCUT2D eigenvalue weighted by atomic mass is 35.5. The van der Waals surface area contributed by atoms with Gasteiger partial charge in [0.1, 0.15) is 23.7 Å². The zero-order valence-corrected chi connectivity index (χ0v) is 21.4. The second-order valence-corrected chi connectivity index (χ2v) is 9.82. The van der Waals surface area contributed by atoms with E-state index in [2.05, 4.69) is 5.32 Å². The first kappa shape index (κ1) is 26.9. The maximum atomic E-state index is 13.5. The number of rotatable bonds is 10. The van der Waals surface area contributed by atoms with Crippen LogP contribution in [0.1, 0.15) is 43.2 Å². The van der Waals surface area contributed by atoms with Crippen LogP contribution in [0.4, 0.5) is 0 Å². The molecule has 2 aliphatic rings. The predicted molar refractivity (Wildman–Crippen MR) is 138 cm³/mol. The van der Waals surface area contributed by atoms with Crippen molar-refractivity contribution < 1.29 is 29.3 Å². The quantitative estimate of drug-likeness (QED) is 0.438. The molecule has 37 heavy (non-hydrogen) atoms. The first-order valence-electron chi connectivity index (χ1n) is 12.4. The van der Waals surface area contributed by atoms with Crippen molar-refractivity contribution in [3.05, 3.63) is 76.3 Å². The van der Waals surface area contributed by atoms with Crippen LogP contribution in [-0.2, 0) is 20.9 Å². The molecule has 4 atom stereocenters. The van der Waals surface area contributed by atoms with Crippen LogP contribution in [0.15, 0.2) is 60.2 Å². The van der Waals surface area contributed by atoms with E-state index < -0.39 is 30.1 Å².